The van der Waals surface area contributed by atoms with Crippen molar-refractivity contribution in [1.82, 2.24) is 5.32 Å². The largest absolute Gasteiger partial charge is 0.378 e. The number of nitrogens with one attached hydrogen (secondary N) is 2. The monoisotopic (exact) mass is 374 g/mol. The van der Waals surface area contributed by atoms with Crippen molar-refractivity contribution < 1.29 is 4.79 Å². The van der Waals surface area contributed by atoms with Crippen LogP contribution in [0.5, 0.6) is 0 Å². The van der Waals surface area contributed by atoms with Gasteiger partial charge in [0.1, 0.15) is 0 Å². The lowest BCUT2D eigenvalue weighted by Gasteiger charge is -2.43. The van der Waals surface area contributed by atoms with Crippen molar-refractivity contribution in [1.29, 1.82) is 0 Å². The molecule has 0 spiro atoms. The van der Waals surface area contributed by atoms with E-state index < -0.39 is 0 Å². The molecule has 0 aromatic heterocycles. The van der Waals surface area contributed by atoms with Gasteiger partial charge in [-0.3, -0.25) is 4.79 Å². The van der Waals surface area contributed by atoms with Crippen LogP contribution in [0.3, 0.4) is 0 Å². The van der Waals surface area contributed by atoms with Crippen LogP contribution in [0.25, 0.3) is 0 Å². The molecular weight excluding hydrogens is 344 g/mol. The minimum absolute atomic E-state index is 0.0574. The number of benzene rings is 2. The number of hydrogen-bond donors (Lipinski definition) is 2. The molecule has 0 saturated heterocycles. The highest BCUT2D eigenvalue weighted by molar-refractivity contribution is 5.95. The fraction of sp³-hybridized carbons (Fsp3) is 0.480. The van der Waals surface area contributed by atoms with Crippen molar-refractivity contribution in [3.8, 4) is 0 Å². The Morgan fingerprint density at radius 2 is 1.93 bits per heavy atom. The molecule has 146 valence electrons. The van der Waals surface area contributed by atoms with Crippen molar-refractivity contribution in [3.63, 3.8) is 0 Å². The molecule has 3 nitrogen and oxygen atoms in total. The standard InChI is InChI=1S/C25H30N2O/c1-3-15(2)26-25(28)19-11-12-21-20(14-19)22-17-9-10-18(13-17)23(22)24(27-21)16-7-5-4-6-8-16/h4-8,11-12,14-15,17-18,22-24,27H,3,9-10,13H2,1-2H3,(H,26,28)/t15-,17-,18-,22+,23+,24+/m1/s1. The van der Waals surface area contributed by atoms with Crippen LogP contribution < -0.4 is 10.6 Å². The van der Waals surface area contributed by atoms with Crippen LogP contribution in [0.4, 0.5) is 5.69 Å². The summed E-state index contributed by atoms with van der Waals surface area (Å²) in [4.78, 5) is 12.7. The van der Waals surface area contributed by atoms with Gasteiger partial charge in [-0.15, -0.1) is 0 Å². The number of rotatable bonds is 4. The van der Waals surface area contributed by atoms with Gasteiger partial charge in [0.25, 0.3) is 5.91 Å². The Kier molecular flexibility index (Phi) is 4.41. The lowest BCUT2D eigenvalue weighted by Crippen LogP contribution is -2.36. The Labute approximate surface area is 167 Å². The van der Waals surface area contributed by atoms with Crippen LogP contribution in [0.15, 0.2) is 48.5 Å². The summed E-state index contributed by atoms with van der Waals surface area (Å²) in [5.74, 6) is 2.86. The van der Waals surface area contributed by atoms with E-state index in [1.54, 1.807) is 0 Å². The molecule has 2 aromatic rings. The molecule has 6 atom stereocenters. The molecule has 2 bridgehead atoms. The van der Waals surface area contributed by atoms with E-state index in [1.165, 1.54) is 36.1 Å². The first kappa shape index (κ1) is 17.8. The Balaban J connectivity index is 1.52. The highest BCUT2D eigenvalue weighted by Crippen LogP contribution is 2.63. The van der Waals surface area contributed by atoms with E-state index in [0.29, 0.717) is 17.9 Å². The number of amides is 1. The van der Waals surface area contributed by atoms with Gasteiger partial charge >= 0.3 is 0 Å². The summed E-state index contributed by atoms with van der Waals surface area (Å²) < 4.78 is 0. The first-order valence-corrected chi connectivity index (χ1v) is 10.9. The zero-order chi connectivity index (χ0) is 19.3. The van der Waals surface area contributed by atoms with Gasteiger partial charge in [0.15, 0.2) is 0 Å². The van der Waals surface area contributed by atoms with Gasteiger partial charge in [-0.2, -0.15) is 0 Å². The summed E-state index contributed by atoms with van der Waals surface area (Å²) in [5, 5.41) is 6.98. The Morgan fingerprint density at radius 3 is 2.71 bits per heavy atom. The van der Waals surface area contributed by atoms with Crippen LogP contribution in [0.1, 0.15) is 73.0 Å². The summed E-state index contributed by atoms with van der Waals surface area (Å²) in [6.45, 7) is 4.17. The zero-order valence-corrected chi connectivity index (χ0v) is 16.8. The van der Waals surface area contributed by atoms with Crippen molar-refractivity contribution in [2.24, 2.45) is 17.8 Å². The number of carbonyl (C=O) groups is 1. The SMILES string of the molecule is CC[C@@H](C)NC(=O)c1ccc2c(c1)[C@@H]1[C@@H]3CC[C@H](C3)[C@@H]1[C@H](c1ccccc1)N2. The second kappa shape index (κ2) is 6.95. The lowest BCUT2D eigenvalue weighted by molar-refractivity contribution is 0.0939. The van der Waals surface area contributed by atoms with Crippen LogP contribution >= 0.6 is 0 Å². The van der Waals surface area contributed by atoms with Crippen LogP contribution in [-0.4, -0.2) is 11.9 Å². The van der Waals surface area contributed by atoms with Crippen molar-refractivity contribution in [2.45, 2.75) is 57.5 Å². The summed E-state index contributed by atoms with van der Waals surface area (Å²) in [5.41, 5.74) is 4.80. The zero-order valence-electron chi connectivity index (χ0n) is 16.8. The number of fused-ring (bicyclic) bond motifs is 7. The Morgan fingerprint density at radius 1 is 1.14 bits per heavy atom. The molecule has 3 aliphatic rings. The van der Waals surface area contributed by atoms with Gasteiger partial charge in [-0.1, -0.05) is 37.3 Å². The molecule has 1 heterocycles. The second-order valence-corrected chi connectivity index (χ2v) is 9.05. The van der Waals surface area contributed by atoms with E-state index in [4.69, 9.17) is 0 Å². The molecule has 1 amide bonds. The molecule has 2 fully saturated rings. The predicted octanol–water partition coefficient (Wildman–Crippen LogP) is 5.51. The third-order valence-electron chi connectivity index (χ3n) is 7.50. The molecule has 2 aromatic carbocycles. The maximum absolute atomic E-state index is 12.7. The third-order valence-corrected chi connectivity index (χ3v) is 7.50. The lowest BCUT2D eigenvalue weighted by atomic mass is 9.68. The summed E-state index contributed by atoms with van der Waals surface area (Å²) in [6.07, 6.45) is 5.00. The van der Waals surface area contributed by atoms with E-state index in [9.17, 15) is 4.79 Å². The van der Waals surface area contributed by atoms with Gasteiger partial charge in [-0.05, 0) is 85.6 Å². The molecule has 5 rings (SSSR count). The van der Waals surface area contributed by atoms with E-state index in [0.717, 1.165) is 23.8 Å². The van der Waals surface area contributed by atoms with Crippen LogP contribution in [-0.2, 0) is 0 Å². The smallest absolute Gasteiger partial charge is 0.251 e. The molecule has 2 saturated carbocycles. The van der Waals surface area contributed by atoms with Crippen molar-refractivity contribution in [2.75, 3.05) is 5.32 Å². The van der Waals surface area contributed by atoms with E-state index >= 15 is 0 Å². The highest BCUT2D eigenvalue weighted by Gasteiger charge is 2.53. The molecule has 3 heteroatoms. The highest BCUT2D eigenvalue weighted by atomic mass is 16.1. The third kappa shape index (κ3) is 2.83. The normalized spacial score (nSPS) is 30.9. The van der Waals surface area contributed by atoms with Crippen LogP contribution in [0, 0.1) is 17.8 Å². The molecule has 0 unspecified atom stereocenters. The molecular formula is C25H30N2O. The molecule has 28 heavy (non-hydrogen) atoms. The predicted molar refractivity (Wildman–Crippen MR) is 114 cm³/mol. The van der Waals surface area contributed by atoms with Gasteiger partial charge in [0, 0.05) is 17.3 Å². The average molecular weight is 375 g/mol. The molecule has 2 aliphatic carbocycles. The van der Waals surface area contributed by atoms with Gasteiger partial charge in [0.05, 0.1) is 6.04 Å². The van der Waals surface area contributed by atoms with E-state index in [1.807, 2.05) is 6.07 Å². The number of hydrogen-bond acceptors (Lipinski definition) is 2. The fourth-order valence-electron chi connectivity index (χ4n) is 6.03. The Bertz CT molecular complexity index is 877. The maximum atomic E-state index is 12.7. The quantitative estimate of drug-likeness (QED) is 0.741. The first-order chi connectivity index (χ1) is 13.7. The molecule has 2 N–H and O–H groups in total. The minimum Gasteiger partial charge on any atom is -0.378 e. The van der Waals surface area contributed by atoms with Crippen LogP contribution in [0.2, 0.25) is 0 Å². The summed E-state index contributed by atoms with van der Waals surface area (Å²) in [7, 11) is 0. The fourth-order valence-corrected chi connectivity index (χ4v) is 6.03. The Hall–Kier alpha value is -2.29. The van der Waals surface area contributed by atoms with Gasteiger partial charge < -0.3 is 10.6 Å². The minimum atomic E-state index is 0.0574. The first-order valence-electron chi connectivity index (χ1n) is 10.9. The average Bonchev–Trinajstić information content (AvgIpc) is 3.36. The number of carbonyl (C=O) groups excluding carboxylic acids is 1. The molecule has 1 aliphatic heterocycles. The van der Waals surface area contributed by atoms with Crippen molar-refractivity contribution >= 4 is 11.6 Å². The van der Waals surface area contributed by atoms with Crippen molar-refractivity contribution in [3.05, 3.63) is 65.2 Å². The molecule has 0 radical (unpaired) electrons. The van der Waals surface area contributed by atoms with Gasteiger partial charge in [-0.25, -0.2) is 0 Å². The topological polar surface area (TPSA) is 41.1 Å². The van der Waals surface area contributed by atoms with Gasteiger partial charge in [0.2, 0.25) is 0 Å². The summed E-state index contributed by atoms with van der Waals surface area (Å²) in [6, 6.07) is 17.8. The van der Waals surface area contributed by atoms with E-state index in [2.05, 4.69) is 66.9 Å². The number of anilines is 1. The van der Waals surface area contributed by atoms with E-state index in [-0.39, 0.29) is 11.9 Å². The summed E-state index contributed by atoms with van der Waals surface area (Å²) >= 11 is 0. The maximum Gasteiger partial charge on any atom is 0.251 e. The second-order valence-electron chi connectivity index (χ2n) is 9.05.